The predicted octanol–water partition coefficient (Wildman–Crippen LogP) is 1.02. The highest BCUT2D eigenvalue weighted by Gasteiger charge is 2.30. The fourth-order valence-electron chi connectivity index (χ4n) is 2.79. The van der Waals surface area contributed by atoms with Gasteiger partial charge in [0.2, 0.25) is 10.0 Å². The third-order valence-electron chi connectivity index (χ3n) is 4.17. The minimum Gasteiger partial charge on any atom is -0.392 e. The zero-order chi connectivity index (χ0) is 18.2. The number of carbonyl (C=O) groups is 1. The van der Waals surface area contributed by atoms with Crippen molar-refractivity contribution in [2.45, 2.75) is 37.7 Å². The van der Waals surface area contributed by atoms with E-state index >= 15 is 0 Å². The summed E-state index contributed by atoms with van der Waals surface area (Å²) in [7, 11) is -3.75. The molecule has 2 aromatic rings. The third-order valence-corrected chi connectivity index (χ3v) is 6.01. The number of nitrogens with one attached hydrogen (secondary N) is 2. The lowest BCUT2D eigenvalue weighted by Crippen LogP contribution is -2.41. The highest BCUT2D eigenvalue weighted by Crippen LogP contribution is 2.23. The Morgan fingerprint density at radius 2 is 2.24 bits per heavy atom. The topological polar surface area (TPSA) is 129 Å². The molecule has 25 heavy (non-hydrogen) atoms. The van der Waals surface area contributed by atoms with Crippen LogP contribution in [0.1, 0.15) is 34.8 Å². The Balaban J connectivity index is 1.78. The Morgan fingerprint density at radius 3 is 2.88 bits per heavy atom. The van der Waals surface area contributed by atoms with E-state index in [9.17, 15) is 18.3 Å². The quantitative estimate of drug-likeness (QED) is 0.739. The zero-order valence-electron chi connectivity index (χ0n) is 13.9. The van der Waals surface area contributed by atoms with Gasteiger partial charge in [0.25, 0.3) is 5.91 Å². The molecule has 3 N–H and O–H groups in total. The molecular weight excluding hydrogens is 348 g/mol. The molecule has 1 aliphatic rings. The number of aliphatic hydroxyl groups is 1. The Kier molecular flexibility index (Phi) is 4.67. The van der Waals surface area contributed by atoms with Crippen LogP contribution in [0.5, 0.6) is 0 Å². The number of aryl methyl sites for hydroxylation is 2. The number of aromatic nitrogens is 2. The summed E-state index contributed by atoms with van der Waals surface area (Å²) in [6, 6.07) is 1.28. The van der Waals surface area contributed by atoms with Crippen molar-refractivity contribution in [3.63, 3.8) is 0 Å². The van der Waals surface area contributed by atoms with E-state index in [2.05, 4.69) is 15.5 Å². The van der Waals surface area contributed by atoms with Gasteiger partial charge < -0.3 is 19.9 Å². The molecule has 3 rings (SSSR count). The molecule has 0 bridgehead atoms. The summed E-state index contributed by atoms with van der Waals surface area (Å²) in [4.78, 5) is 15.0. The normalized spacial score (nSPS) is 19.1. The summed E-state index contributed by atoms with van der Waals surface area (Å²) in [5.41, 5.74) is 1.10. The first-order chi connectivity index (χ1) is 11.8. The second-order valence-electron chi connectivity index (χ2n) is 6.06. The molecule has 1 aliphatic heterocycles. The van der Waals surface area contributed by atoms with Crippen LogP contribution in [0, 0.1) is 13.8 Å². The van der Waals surface area contributed by atoms with E-state index in [1.54, 1.807) is 13.8 Å². The maximum absolute atomic E-state index is 12.6. The van der Waals surface area contributed by atoms with Gasteiger partial charge in [-0.1, -0.05) is 5.16 Å². The molecule has 9 nitrogen and oxygen atoms in total. The molecule has 136 valence electrons. The van der Waals surface area contributed by atoms with Crippen molar-refractivity contribution >= 4 is 21.6 Å². The van der Waals surface area contributed by atoms with Crippen LogP contribution in [0.4, 0.5) is 5.69 Å². The number of amides is 1. The molecule has 0 saturated carbocycles. The van der Waals surface area contributed by atoms with E-state index in [-0.39, 0.29) is 17.1 Å². The van der Waals surface area contributed by atoms with Gasteiger partial charge in [-0.3, -0.25) is 4.79 Å². The predicted molar refractivity (Wildman–Crippen MR) is 88.7 cm³/mol. The van der Waals surface area contributed by atoms with Crippen LogP contribution in [0.25, 0.3) is 0 Å². The molecule has 1 amide bonds. The van der Waals surface area contributed by atoms with E-state index in [0.717, 1.165) is 0 Å². The van der Waals surface area contributed by atoms with Crippen LogP contribution in [-0.4, -0.2) is 53.1 Å². The van der Waals surface area contributed by atoms with Crippen LogP contribution >= 0.6 is 0 Å². The highest BCUT2D eigenvalue weighted by atomic mass is 32.2. The summed E-state index contributed by atoms with van der Waals surface area (Å²) < 4.78 is 31.5. The number of hydrogen-bond acceptors (Lipinski definition) is 6. The number of hydrogen-bond donors (Lipinski definition) is 3. The summed E-state index contributed by atoms with van der Waals surface area (Å²) >= 11 is 0. The monoisotopic (exact) mass is 368 g/mol. The van der Waals surface area contributed by atoms with E-state index in [0.29, 0.717) is 36.5 Å². The van der Waals surface area contributed by atoms with Gasteiger partial charge in [-0.25, -0.2) is 8.42 Å². The van der Waals surface area contributed by atoms with Crippen LogP contribution in [0.15, 0.2) is 21.7 Å². The van der Waals surface area contributed by atoms with Crippen molar-refractivity contribution < 1.29 is 22.8 Å². The van der Waals surface area contributed by atoms with Crippen molar-refractivity contribution in [3.05, 3.63) is 29.4 Å². The fourth-order valence-corrected chi connectivity index (χ4v) is 4.30. The molecule has 1 saturated heterocycles. The van der Waals surface area contributed by atoms with Crippen LogP contribution < -0.4 is 5.32 Å². The summed E-state index contributed by atoms with van der Waals surface area (Å²) in [5.74, 6) is -0.0258. The highest BCUT2D eigenvalue weighted by molar-refractivity contribution is 7.89. The fraction of sp³-hybridized carbons (Fsp3) is 0.467. The second kappa shape index (κ2) is 6.62. The van der Waals surface area contributed by atoms with Crippen LogP contribution in [0.2, 0.25) is 0 Å². The lowest BCUT2D eigenvalue weighted by molar-refractivity contribution is 0.102. The molecular formula is C15H20N4O5S. The SMILES string of the molecule is Cc1noc(C)c1NC(=O)c1cc(S(=O)(=O)N2CCCC(O)C2)c[nH]1. The van der Waals surface area contributed by atoms with Crippen molar-refractivity contribution in [3.8, 4) is 0 Å². The van der Waals surface area contributed by atoms with Crippen molar-refractivity contribution in [1.82, 2.24) is 14.4 Å². The number of β-amino-alcohol motifs (C(OH)–C–C–N with tert-alkyl or cyclic N) is 1. The van der Waals surface area contributed by atoms with Crippen LogP contribution in [-0.2, 0) is 10.0 Å². The van der Waals surface area contributed by atoms with E-state index in [4.69, 9.17) is 4.52 Å². The molecule has 1 unspecified atom stereocenters. The van der Waals surface area contributed by atoms with Gasteiger partial charge in [-0.05, 0) is 32.8 Å². The lowest BCUT2D eigenvalue weighted by atomic mass is 10.1. The second-order valence-corrected chi connectivity index (χ2v) is 8.00. The standard InChI is InChI=1S/C15H20N4O5S/c1-9-14(10(2)24-18-9)17-15(21)13-6-12(7-16-13)25(22,23)19-5-3-4-11(20)8-19/h6-7,11,16,20H,3-5,8H2,1-2H3,(H,17,21). The summed E-state index contributed by atoms with van der Waals surface area (Å²) in [5, 5.41) is 16.1. The molecule has 10 heteroatoms. The Bertz CT molecular complexity index is 866. The molecule has 0 spiro atoms. The first kappa shape index (κ1) is 17.6. The van der Waals surface area contributed by atoms with Gasteiger partial charge in [0, 0.05) is 19.3 Å². The number of anilines is 1. The molecule has 3 heterocycles. The number of carbonyl (C=O) groups excluding carboxylic acids is 1. The number of sulfonamides is 1. The van der Waals surface area contributed by atoms with Gasteiger partial charge in [-0.2, -0.15) is 4.31 Å². The van der Waals surface area contributed by atoms with Crippen molar-refractivity contribution in [2.75, 3.05) is 18.4 Å². The average molecular weight is 368 g/mol. The molecule has 0 aromatic carbocycles. The number of H-pyrrole nitrogens is 1. The van der Waals surface area contributed by atoms with Crippen molar-refractivity contribution in [2.24, 2.45) is 0 Å². The van der Waals surface area contributed by atoms with Crippen molar-refractivity contribution in [1.29, 1.82) is 0 Å². The van der Waals surface area contributed by atoms with E-state index < -0.39 is 22.0 Å². The maximum Gasteiger partial charge on any atom is 0.272 e. The van der Waals surface area contributed by atoms with Gasteiger partial charge in [-0.15, -0.1) is 0 Å². The minimum absolute atomic E-state index is 0.00878. The smallest absolute Gasteiger partial charge is 0.272 e. The first-order valence-electron chi connectivity index (χ1n) is 7.90. The largest absolute Gasteiger partial charge is 0.392 e. The Morgan fingerprint density at radius 1 is 1.48 bits per heavy atom. The number of nitrogens with zero attached hydrogens (tertiary/aromatic N) is 2. The first-order valence-corrected chi connectivity index (χ1v) is 9.34. The molecule has 1 fully saturated rings. The van der Waals surface area contributed by atoms with Gasteiger partial charge in [0.1, 0.15) is 22.0 Å². The Labute approximate surface area is 145 Å². The third kappa shape index (κ3) is 3.46. The average Bonchev–Trinajstić information content (AvgIpc) is 3.18. The van der Waals surface area contributed by atoms with Gasteiger partial charge in [0.05, 0.1) is 6.10 Å². The number of aliphatic hydroxyl groups excluding tert-OH is 1. The van der Waals surface area contributed by atoms with Gasteiger partial charge >= 0.3 is 0 Å². The zero-order valence-corrected chi connectivity index (χ0v) is 14.8. The van der Waals surface area contributed by atoms with Crippen LogP contribution in [0.3, 0.4) is 0 Å². The molecule has 0 aliphatic carbocycles. The summed E-state index contributed by atoms with van der Waals surface area (Å²) in [6.07, 6.45) is 1.80. The Hall–Kier alpha value is -2.17. The summed E-state index contributed by atoms with van der Waals surface area (Å²) in [6.45, 7) is 3.78. The number of aromatic amines is 1. The molecule has 2 aromatic heterocycles. The molecule has 1 atom stereocenters. The number of rotatable bonds is 4. The van der Waals surface area contributed by atoms with Gasteiger partial charge in [0.15, 0.2) is 5.76 Å². The van der Waals surface area contributed by atoms with E-state index in [1.807, 2.05) is 0 Å². The minimum atomic E-state index is -3.75. The van der Waals surface area contributed by atoms with E-state index in [1.165, 1.54) is 16.6 Å². The molecule has 0 radical (unpaired) electrons. The maximum atomic E-state index is 12.6. The lowest BCUT2D eigenvalue weighted by Gasteiger charge is -2.28. The number of piperidine rings is 1.